The second-order valence-electron chi connectivity index (χ2n) is 10.7. The summed E-state index contributed by atoms with van der Waals surface area (Å²) in [7, 11) is -2.22. The number of thiophene rings is 1. The van der Waals surface area contributed by atoms with E-state index in [1.807, 2.05) is 31.3 Å². The van der Waals surface area contributed by atoms with Crippen LogP contribution in [0.4, 0.5) is 18.9 Å². The highest BCUT2D eigenvalue weighted by Crippen LogP contribution is 2.37. The molecular weight excluding hydrogens is 684 g/mol. The van der Waals surface area contributed by atoms with E-state index in [1.165, 1.54) is 31.9 Å². The fourth-order valence-electron chi connectivity index (χ4n) is 5.49. The topological polar surface area (TPSA) is 153 Å². The van der Waals surface area contributed by atoms with Gasteiger partial charge in [0.1, 0.15) is 9.22 Å². The van der Waals surface area contributed by atoms with Gasteiger partial charge in [0, 0.05) is 49.7 Å². The van der Waals surface area contributed by atoms with Crippen molar-refractivity contribution in [2.24, 2.45) is 11.8 Å². The molecule has 4 aromatic rings. The van der Waals surface area contributed by atoms with Gasteiger partial charge in [0.05, 0.1) is 41.9 Å². The fraction of sp³-hybridized carbons (Fsp3) is 0.379. The van der Waals surface area contributed by atoms with Crippen LogP contribution >= 0.6 is 22.7 Å². The monoisotopic (exact) mass is 713 g/mol. The average Bonchev–Trinajstić information content (AvgIpc) is 3.85. The van der Waals surface area contributed by atoms with Crippen molar-refractivity contribution in [3.8, 4) is 10.7 Å². The molecule has 2 unspecified atom stereocenters. The van der Waals surface area contributed by atoms with Crippen molar-refractivity contribution in [2.45, 2.75) is 23.9 Å². The highest BCUT2D eigenvalue weighted by molar-refractivity contribution is 7.94. The number of ether oxygens (including phenoxy) is 1. The lowest BCUT2D eigenvalue weighted by atomic mass is 10.00. The van der Waals surface area contributed by atoms with E-state index >= 15 is 0 Å². The number of fused-ring (bicyclic) bond motifs is 2. The van der Waals surface area contributed by atoms with Crippen molar-refractivity contribution < 1.29 is 45.8 Å². The van der Waals surface area contributed by atoms with Crippen LogP contribution in [0.25, 0.3) is 21.6 Å². The Labute approximate surface area is 275 Å². The Morgan fingerprint density at radius 3 is 2.45 bits per heavy atom. The lowest BCUT2D eigenvalue weighted by Gasteiger charge is -2.24. The summed E-state index contributed by atoms with van der Waals surface area (Å²) in [5, 5.41) is 10.5. The molecule has 2 aliphatic rings. The molecule has 3 aromatic heterocycles. The Morgan fingerprint density at radius 1 is 1.17 bits per heavy atom. The van der Waals surface area contributed by atoms with Gasteiger partial charge in [-0.25, -0.2) is 18.2 Å². The van der Waals surface area contributed by atoms with Crippen molar-refractivity contribution in [3.05, 3.63) is 52.9 Å². The zero-order chi connectivity index (χ0) is 34.1. The van der Waals surface area contributed by atoms with Crippen LogP contribution in [0, 0.1) is 11.8 Å². The summed E-state index contributed by atoms with van der Waals surface area (Å²) >= 11 is 2.73. The predicted octanol–water partition coefficient (Wildman–Crippen LogP) is 4.26. The van der Waals surface area contributed by atoms with Gasteiger partial charge in [0.15, 0.2) is 0 Å². The number of sulfonamides is 1. The number of aliphatic carboxylic acids is 1. The number of aromatic nitrogens is 2. The Hall–Kier alpha value is -3.84. The van der Waals surface area contributed by atoms with E-state index in [9.17, 15) is 31.2 Å². The van der Waals surface area contributed by atoms with E-state index in [2.05, 4.69) is 14.9 Å². The van der Waals surface area contributed by atoms with Crippen LogP contribution in [-0.4, -0.2) is 97.1 Å². The van der Waals surface area contributed by atoms with Gasteiger partial charge in [-0.05, 0) is 30.5 Å². The zero-order valence-electron chi connectivity index (χ0n) is 25.1. The molecule has 2 amide bonds. The van der Waals surface area contributed by atoms with Crippen molar-refractivity contribution in [1.82, 2.24) is 19.8 Å². The number of rotatable bonds is 10. The summed E-state index contributed by atoms with van der Waals surface area (Å²) in [6.07, 6.45) is -3.26. The number of thiazole rings is 1. The fourth-order valence-corrected chi connectivity index (χ4v) is 8.98. The van der Waals surface area contributed by atoms with Crippen LogP contribution in [-0.2, 0) is 35.7 Å². The van der Waals surface area contributed by atoms with Gasteiger partial charge >= 0.3 is 12.1 Å². The molecule has 2 aliphatic heterocycles. The number of alkyl halides is 3. The van der Waals surface area contributed by atoms with Crippen LogP contribution in [0.3, 0.4) is 0 Å². The molecule has 2 fully saturated rings. The van der Waals surface area contributed by atoms with Gasteiger partial charge in [0.2, 0.25) is 11.8 Å². The molecule has 0 radical (unpaired) electrons. The standard InChI is InChI=1S/C27H29N5O5S3.C2HF3O2/c1-3-37-10-9-32(40(35,36)23-8-5-11-38-23)22-7-4-6-17-12-21(29-24(17)22)25-28-13-18(39-25)14-31-15-19-20(16-31)27(34)30(2)26(19)33;3-2(4,5)1(6)7/h4-8,11-13,19-20,29H,3,9-10,14-16H2,1-2H3;(H,6,7). The van der Waals surface area contributed by atoms with Gasteiger partial charge in [-0.2, -0.15) is 13.2 Å². The van der Waals surface area contributed by atoms with Gasteiger partial charge in [-0.15, -0.1) is 22.7 Å². The Bertz CT molecular complexity index is 1850. The quantitative estimate of drug-likeness (QED) is 0.181. The maximum absolute atomic E-state index is 13.6. The Morgan fingerprint density at radius 2 is 1.85 bits per heavy atom. The third-order valence-electron chi connectivity index (χ3n) is 7.68. The van der Waals surface area contributed by atoms with Crippen LogP contribution in [0.5, 0.6) is 0 Å². The minimum Gasteiger partial charge on any atom is -0.475 e. The molecule has 12 nitrogen and oxygen atoms in total. The number of H-pyrrole nitrogens is 1. The summed E-state index contributed by atoms with van der Waals surface area (Å²) in [6, 6.07) is 10.9. The number of carboxylic acids is 1. The Kier molecular flexibility index (Phi) is 10.1. The maximum atomic E-state index is 13.6. The summed E-state index contributed by atoms with van der Waals surface area (Å²) in [6.45, 7) is 4.58. The van der Waals surface area contributed by atoms with Gasteiger partial charge in [0.25, 0.3) is 10.0 Å². The third kappa shape index (κ3) is 7.20. The van der Waals surface area contributed by atoms with Gasteiger partial charge in [-0.1, -0.05) is 18.2 Å². The lowest BCUT2D eigenvalue weighted by molar-refractivity contribution is -0.192. The molecule has 252 valence electrons. The first kappa shape index (κ1) is 34.5. The van der Waals surface area contributed by atoms with E-state index in [-0.39, 0.29) is 41.0 Å². The first-order chi connectivity index (χ1) is 22.2. The molecule has 2 atom stereocenters. The first-order valence-electron chi connectivity index (χ1n) is 14.3. The number of hydrogen-bond donors (Lipinski definition) is 2. The number of anilines is 1. The van der Waals surface area contributed by atoms with Gasteiger partial charge < -0.3 is 14.8 Å². The number of halogens is 3. The molecule has 0 saturated carbocycles. The van der Waals surface area contributed by atoms with E-state index in [0.29, 0.717) is 37.4 Å². The van der Waals surface area contributed by atoms with Crippen LogP contribution in [0.15, 0.2) is 52.2 Å². The second kappa shape index (κ2) is 13.7. The number of carboxylic acid groups (broad SMARTS) is 1. The number of hydrogen-bond acceptors (Lipinski definition) is 10. The minimum absolute atomic E-state index is 0.0900. The number of nitrogens with one attached hydrogen (secondary N) is 1. The third-order valence-corrected chi connectivity index (χ3v) is 11.9. The number of amides is 2. The highest BCUT2D eigenvalue weighted by Gasteiger charge is 2.50. The second-order valence-corrected chi connectivity index (χ2v) is 14.9. The first-order valence-corrected chi connectivity index (χ1v) is 17.4. The highest BCUT2D eigenvalue weighted by atomic mass is 32.2. The van der Waals surface area contributed by atoms with Gasteiger partial charge in [-0.3, -0.25) is 23.7 Å². The molecular formula is C29H30F3N5O7S3. The van der Waals surface area contributed by atoms with E-state index in [4.69, 9.17) is 14.6 Å². The maximum Gasteiger partial charge on any atom is 0.490 e. The largest absolute Gasteiger partial charge is 0.490 e. The van der Waals surface area contributed by atoms with E-state index in [0.717, 1.165) is 21.0 Å². The summed E-state index contributed by atoms with van der Waals surface area (Å²) in [4.78, 5) is 46.1. The minimum atomic E-state index is -5.08. The molecule has 0 aliphatic carbocycles. The Balaban J connectivity index is 0.000000559. The van der Waals surface area contributed by atoms with Crippen molar-refractivity contribution in [3.63, 3.8) is 0 Å². The number of benzene rings is 1. The van der Waals surface area contributed by atoms with Crippen LogP contribution in [0.2, 0.25) is 0 Å². The molecule has 18 heteroatoms. The van der Waals surface area contributed by atoms with Crippen LogP contribution < -0.4 is 4.31 Å². The van der Waals surface area contributed by atoms with Crippen LogP contribution in [0.1, 0.15) is 11.8 Å². The van der Waals surface area contributed by atoms with E-state index in [1.54, 1.807) is 30.6 Å². The average molecular weight is 714 g/mol. The summed E-state index contributed by atoms with van der Waals surface area (Å²) in [5.74, 6) is -3.45. The zero-order valence-corrected chi connectivity index (χ0v) is 27.5. The van der Waals surface area contributed by atoms with Crippen molar-refractivity contribution in [2.75, 3.05) is 44.2 Å². The predicted molar refractivity (Wildman–Crippen MR) is 168 cm³/mol. The molecule has 5 heterocycles. The molecule has 1 aromatic carbocycles. The number of carbonyl (C=O) groups excluding carboxylic acids is 2. The smallest absolute Gasteiger partial charge is 0.475 e. The van der Waals surface area contributed by atoms with Crippen molar-refractivity contribution in [1.29, 1.82) is 0 Å². The molecule has 47 heavy (non-hydrogen) atoms. The molecule has 2 N–H and O–H groups in total. The van der Waals surface area contributed by atoms with E-state index < -0.39 is 22.2 Å². The summed E-state index contributed by atoms with van der Waals surface area (Å²) < 4.78 is 66.2. The molecule has 0 bridgehead atoms. The number of para-hydroxylation sites is 1. The number of imide groups is 1. The molecule has 0 spiro atoms. The lowest BCUT2D eigenvalue weighted by Crippen LogP contribution is -2.34. The molecule has 6 rings (SSSR count). The normalized spacial score (nSPS) is 18.4. The van der Waals surface area contributed by atoms with Crippen molar-refractivity contribution >= 4 is 67.1 Å². The number of nitrogens with zero attached hydrogens (tertiary/aromatic N) is 4. The number of aromatic amines is 1. The number of carbonyl (C=O) groups is 3. The number of likely N-dealkylation sites (tertiary alicyclic amines) is 2. The SMILES string of the molecule is CCOCCN(c1cccc2cc(-c3ncc(CN4CC5C(=O)N(C)C(=O)C5C4)s3)[nH]c12)S(=O)(=O)c1cccs1.O=C(O)C(F)(F)F. The molecule has 2 saturated heterocycles. The summed E-state index contributed by atoms with van der Waals surface area (Å²) in [5.41, 5.74) is 2.05.